The van der Waals surface area contributed by atoms with Gasteiger partial charge in [0.1, 0.15) is 5.75 Å². The summed E-state index contributed by atoms with van der Waals surface area (Å²) in [4.78, 5) is 13.4. The molecule has 0 bridgehead atoms. The molecule has 17 heavy (non-hydrogen) atoms. The van der Waals surface area contributed by atoms with Crippen LogP contribution in [0.5, 0.6) is 5.75 Å². The molecule has 2 N–H and O–H groups in total. The highest BCUT2D eigenvalue weighted by molar-refractivity contribution is 5.77. The number of nitrogens with two attached hydrogens (primary N) is 1. The largest absolute Gasteiger partial charge is 0.493 e. The zero-order valence-electron chi connectivity index (χ0n) is 10.1. The molecular formula is C13H18N2O2. The third kappa shape index (κ3) is 3.20. The summed E-state index contributed by atoms with van der Waals surface area (Å²) in [5.74, 6) is 0.942. The van der Waals surface area contributed by atoms with E-state index in [9.17, 15) is 4.79 Å². The number of nitrogens with zero attached hydrogens (tertiary/aromatic N) is 1. The van der Waals surface area contributed by atoms with Crippen LogP contribution < -0.4 is 10.5 Å². The SMILES string of the molecule is Cc1cccc(OCCC(=O)N2CC(N)C2)c1. The van der Waals surface area contributed by atoms with E-state index in [2.05, 4.69) is 0 Å². The number of ether oxygens (including phenoxy) is 1. The Morgan fingerprint density at radius 3 is 2.94 bits per heavy atom. The molecule has 1 amide bonds. The predicted octanol–water partition coefficient (Wildman–Crippen LogP) is 0.933. The smallest absolute Gasteiger partial charge is 0.226 e. The minimum Gasteiger partial charge on any atom is -0.493 e. The van der Waals surface area contributed by atoms with Crippen molar-refractivity contribution < 1.29 is 9.53 Å². The molecule has 0 aromatic heterocycles. The highest BCUT2D eigenvalue weighted by Crippen LogP contribution is 2.13. The van der Waals surface area contributed by atoms with Crippen molar-refractivity contribution >= 4 is 5.91 Å². The average Bonchev–Trinajstić information content (AvgIpc) is 2.25. The first kappa shape index (κ1) is 11.9. The van der Waals surface area contributed by atoms with E-state index in [0.29, 0.717) is 26.1 Å². The summed E-state index contributed by atoms with van der Waals surface area (Å²) in [6, 6.07) is 7.98. The Morgan fingerprint density at radius 1 is 1.53 bits per heavy atom. The summed E-state index contributed by atoms with van der Waals surface area (Å²) < 4.78 is 5.52. The number of amides is 1. The van der Waals surface area contributed by atoms with E-state index < -0.39 is 0 Å². The number of aryl methyl sites for hydroxylation is 1. The maximum absolute atomic E-state index is 11.6. The van der Waals surface area contributed by atoms with Crippen molar-refractivity contribution in [2.45, 2.75) is 19.4 Å². The minimum atomic E-state index is 0.124. The van der Waals surface area contributed by atoms with E-state index in [-0.39, 0.29) is 11.9 Å². The van der Waals surface area contributed by atoms with E-state index >= 15 is 0 Å². The highest BCUT2D eigenvalue weighted by atomic mass is 16.5. The van der Waals surface area contributed by atoms with Gasteiger partial charge in [-0.15, -0.1) is 0 Å². The van der Waals surface area contributed by atoms with Gasteiger partial charge < -0.3 is 15.4 Å². The molecule has 0 aliphatic carbocycles. The molecule has 92 valence electrons. The molecule has 1 aliphatic rings. The summed E-state index contributed by atoms with van der Waals surface area (Å²) in [6.45, 7) is 3.81. The van der Waals surface area contributed by atoms with E-state index in [1.807, 2.05) is 31.2 Å². The van der Waals surface area contributed by atoms with E-state index in [1.165, 1.54) is 0 Å². The topological polar surface area (TPSA) is 55.6 Å². The second-order valence-corrected chi connectivity index (χ2v) is 4.47. The zero-order valence-corrected chi connectivity index (χ0v) is 10.1. The molecule has 1 aromatic carbocycles. The Hall–Kier alpha value is -1.55. The second-order valence-electron chi connectivity index (χ2n) is 4.47. The first-order valence-corrected chi connectivity index (χ1v) is 5.88. The quantitative estimate of drug-likeness (QED) is 0.843. The van der Waals surface area contributed by atoms with Crippen LogP contribution in [0.3, 0.4) is 0 Å². The van der Waals surface area contributed by atoms with Crippen molar-refractivity contribution in [3.8, 4) is 5.75 Å². The standard InChI is InChI=1S/C13H18N2O2/c1-10-3-2-4-12(7-10)17-6-5-13(16)15-8-11(14)9-15/h2-4,7,11H,5-6,8-9,14H2,1H3. The Kier molecular flexibility index (Phi) is 3.64. The van der Waals surface area contributed by atoms with E-state index in [4.69, 9.17) is 10.5 Å². The Bertz CT molecular complexity index is 400. The fraction of sp³-hybridized carbons (Fsp3) is 0.462. The third-order valence-corrected chi connectivity index (χ3v) is 2.84. The summed E-state index contributed by atoms with van der Waals surface area (Å²) in [5.41, 5.74) is 6.77. The first-order chi connectivity index (χ1) is 8.15. The second kappa shape index (κ2) is 5.19. The van der Waals surface area contributed by atoms with Crippen molar-refractivity contribution in [3.63, 3.8) is 0 Å². The third-order valence-electron chi connectivity index (χ3n) is 2.84. The van der Waals surface area contributed by atoms with Gasteiger partial charge in [0.15, 0.2) is 0 Å². The molecule has 0 spiro atoms. The molecule has 1 fully saturated rings. The van der Waals surface area contributed by atoms with Gasteiger partial charge in [0, 0.05) is 19.1 Å². The zero-order chi connectivity index (χ0) is 12.3. The lowest BCUT2D eigenvalue weighted by atomic mass is 10.1. The molecule has 0 atom stereocenters. The summed E-state index contributed by atoms with van der Waals surface area (Å²) in [7, 11) is 0. The number of likely N-dealkylation sites (tertiary alicyclic amines) is 1. The molecular weight excluding hydrogens is 216 g/mol. The number of carbonyl (C=O) groups is 1. The molecule has 0 radical (unpaired) electrons. The van der Waals surface area contributed by atoms with Crippen LogP contribution in [-0.4, -0.2) is 36.5 Å². The molecule has 1 heterocycles. The molecule has 1 aromatic rings. The highest BCUT2D eigenvalue weighted by Gasteiger charge is 2.26. The molecule has 4 heteroatoms. The molecule has 2 rings (SSSR count). The van der Waals surface area contributed by atoms with Gasteiger partial charge in [-0.1, -0.05) is 12.1 Å². The van der Waals surface area contributed by atoms with Gasteiger partial charge in [-0.3, -0.25) is 4.79 Å². The number of benzene rings is 1. The predicted molar refractivity (Wildman–Crippen MR) is 65.8 cm³/mol. The van der Waals surface area contributed by atoms with E-state index in [0.717, 1.165) is 11.3 Å². The molecule has 0 unspecified atom stereocenters. The fourth-order valence-electron chi connectivity index (χ4n) is 1.84. The summed E-state index contributed by atoms with van der Waals surface area (Å²) in [6.07, 6.45) is 0.417. The Labute approximate surface area is 101 Å². The van der Waals surface area contributed by atoms with Crippen molar-refractivity contribution in [3.05, 3.63) is 29.8 Å². The Balaban J connectivity index is 1.71. The van der Waals surface area contributed by atoms with Gasteiger partial charge >= 0.3 is 0 Å². The monoisotopic (exact) mass is 234 g/mol. The van der Waals surface area contributed by atoms with Crippen LogP contribution in [0.15, 0.2) is 24.3 Å². The van der Waals surface area contributed by atoms with E-state index in [1.54, 1.807) is 4.90 Å². The molecule has 1 saturated heterocycles. The lowest BCUT2D eigenvalue weighted by Crippen LogP contribution is -2.58. The molecule has 1 aliphatic heterocycles. The van der Waals surface area contributed by atoms with Gasteiger partial charge in [0.05, 0.1) is 13.0 Å². The van der Waals surface area contributed by atoms with Crippen molar-refractivity contribution in [2.75, 3.05) is 19.7 Å². The number of carbonyl (C=O) groups excluding carboxylic acids is 1. The van der Waals surface area contributed by atoms with Crippen LogP contribution in [0.1, 0.15) is 12.0 Å². The lowest BCUT2D eigenvalue weighted by molar-refractivity contribution is -0.136. The van der Waals surface area contributed by atoms with Gasteiger partial charge in [-0.25, -0.2) is 0 Å². The number of hydrogen-bond acceptors (Lipinski definition) is 3. The van der Waals surface area contributed by atoms with Gasteiger partial charge in [0.2, 0.25) is 5.91 Å². The molecule has 0 saturated carbocycles. The van der Waals surface area contributed by atoms with Crippen LogP contribution in [0.25, 0.3) is 0 Å². The summed E-state index contributed by atoms with van der Waals surface area (Å²) in [5, 5.41) is 0. The normalized spacial score (nSPS) is 15.5. The number of rotatable bonds is 4. The number of hydrogen-bond donors (Lipinski definition) is 1. The van der Waals surface area contributed by atoms with Crippen LogP contribution >= 0.6 is 0 Å². The van der Waals surface area contributed by atoms with Gasteiger partial charge in [-0.05, 0) is 24.6 Å². The summed E-state index contributed by atoms with van der Waals surface area (Å²) >= 11 is 0. The van der Waals surface area contributed by atoms with Gasteiger partial charge in [0.25, 0.3) is 0 Å². The van der Waals surface area contributed by atoms with Gasteiger partial charge in [-0.2, -0.15) is 0 Å². The van der Waals surface area contributed by atoms with Crippen LogP contribution in [0.2, 0.25) is 0 Å². The maximum atomic E-state index is 11.6. The van der Waals surface area contributed by atoms with Crippen molar-refractivity contribution in [1.29, 1.82) is 0 Å². The fourth-order valence-corrected chi connectivity index (χ4v) is 1.84. The average molecular weight is 234 g/mol. The lowest BCUT2D eigenvalue weighted by Gasteiger charge is -2.36. The van der Waals surface area contributed by atoms with Crippen molar-refractivity contribution in [1.82, 2.24) is 4.90 Å². The maximum Gasteiger partial charge on any atom is 0.226 e. The minimum absolute atomic E-state index is 0.124. The Morgan fingerprint density at radius 2 is 2.29 bits per heavy atom. The first-order valence-electron chi connectivity index (χ1n) is 5.88. The van der Waals surface area contributed by atoms with Crippen LogP contribution in [-0.2, 0) is 4.79 Å². The van der Waals surface area contributed by atoms with Crippen LogP contribution in [0.4, 0.5) is 0 Å². The van der Waals surface area contributed by atoms with Crippen molar-refractivity contribution in [2.24, 2.45) is 5.73 Å². The molecule has 4 nitrogen and oxygen atoms in total. The van der Waals surface area contributed by atoms with Crippen LogP contribution in [0, 0.1) is 6.92 Å².